The van der Waals surface area contributed by atoms with Gasteiger partial charge in [-0.15, -0.1) is 0 Å². The summed E-state index contributed by atoms with van der Waals surface area (Å²) in [5, 5.41) is 6.42. The van der Waals surface area contributed by atoms with Gasteiger partial charge in [-0.1, -0.05) is 66.2 Å². The number of para-hydroxylation sites is 1. The van der Waals surface area contributed by atoms with Gasteiger partial charge in [0.15, 0.2) is 6.61 Å². The molecule has 0 aliphatic heterocycles. The van der Waals surface area contributed by atoms with Crippen LogP contribution in [0.4, 0.5) is 5.69 Å². The summed E-state index contributed by atoms with van der Waals surface area (Å²) in [6.45, 7) is 4.89. The minimum absolute atomic E-state index is 0.0194. The van der Waals surface area contributed by atoms with Crippen LogP contribution in [0.3, 0.4) is 0 Å². The van der Waals surface area contributed by atoms with E-state index in [-0.39, 0.29) is 12.5 Å². The number of carbonyl (C=O) groups is 1. The Kier molecular flexibility index (Phi) is 8.04. The maximum atomic E-state index is 12.2. The number of nitrogens with one attached hydrogen (secondary N) is 2. The van der Waals surface area contributed by atoms with E-state index in [1.54, 1.807) is 0 Å². The van der Waals surface area contributed by atoms with Gasteiger partial charge in [0, 0.05) is 23.8 Å². The quantitative estimate of drug-likeness (QED) is 0.495. The van der Waals surface area contributed by atoms with E-state index in [9.17, 15) is 4.79 Å². The highest BCUT2D eigenvalue weighted by Gasteiger charge is 2.09. The topological polar surface area (TPSA) is 50.4 Å². The van der Waals surface area contributed by atoms with E-state index >= 15 is 0 Å². The molecule has 0 radical (unpaired) electrons. The van der Waals surface area contributed by atoms with Gasteiger partial charge in [0.1, 0.15) is 5.75 Å². The lowest BCUT2D eigenvalue weighted by Crippen LogP contribution is -2.26. The zero-order valence-corrected chi connectivity index (χ0v) is 17.7. The molecular formula is C26H30N2O2. The second-order valence-electron chi connectivity index (χ2n) is 7.62. The molecule has 0 fully saturated rings. The first-order valence-electron chi connectivity index (χ1n) is 10.4. The van der Waals surface area contributed by atoms with Crippen molar-refractivity contribution in [3.63, 3.8) is 0 Å². The Morgan fingerprint density at radius 2 is 1.63 bits per heavy atom. The predicted molar refractivity (Wildman–Crippen MR) is 123 cm³/mol. The van der Waals surface area contributed by atoms with Crippen molar-refractivity contribution in [3.8, 4) is 5.75 Å². The second-order valence-corrected chi connectivity index (χ2v) is 7.62. The number of carbonyl (C=O) groups excluding carboxylic acids is 1. The van der Waals surface area contributed by atoms with Crippen LogP contribution in [0.15, 0.2) is 78.9 Å². The first kappa shape index (κ1) is 21.6. The molecule has 30 heavy (non-hydrogen) atoms. The molecule has 3 rings (SSSR count). The van der Waals surface area contributed by atoms with Crippen LogP contribution in [0.1, 0.15) is 30.0 Å². The van der Waals surface area contributed by atoms with Gasteiger partial charge in [0.2, 0.25) is 0 Å². The summed E-state index contributed by atoms with van der Waals surface area (Å²) in [5.74, 6) is 0.567. The van der Waals surface area contributed by atoms with E-state index in [0.29, 0.717) is 12.6 Å². The molecule has 0 aromatic heterocycles. The third kappa shape index (κ3) is 7.05. The fraction of sp³-hybridized carbons (Fsp3) is 0.269. The highest BCUT2D eigenvalue weighted by Crippen LogP contribution is 2.18. The third-order valence-electron chi connectivity index (χ3n) is 5.02. The lowest BCUT2D eigenvalue weighted by atomic mass is 10.1. The minimum atomic E-state index is -0.169. The van der Waals surface area contributed by atoms with Crippen molar-refractivity contribution in [2.24, 2.45) is 0 Å². The molecule has 1 atom stereocenters. The van der Waals surface area contributed by atoms with E-state index in [1.165, 1.54) is 5.56 Å². The average Bonchev–Trinajstić information content (AvgIpc) is 2.77. The van der Waals surface area contributed by atoms with Crippen LogP contribution in [0.5, 0.6) is 5.75 Å². The SMILES string of the molecule is Cc1ccc(NC(=O)COc2ccccc2CN[C@@H](C)CCc2ccccc2)cc1. The Hall–Kier alpha value is -3.11. The molecule has 4 nitrogen and oxygen atoms in total. The maximum absolute atomic E-state index is 12.2. The molecular weight excluding hydrogens is 372 g/mol. The molecule has 0 saturated carbocycles. The summed E-state index contributed by atoms with van der Waals surface area (Å²) in [6.07, 6.45) is 2.11. The molecule has 156 valence electrons. The first-order chi connectivity index (χ1) is 14.6. The van der Waals surface area contributed by atoms with Gasteiger partial charge in [0.25, 0.3) is 5.91 Å². The Labute approximate surface area is 179 Å². The molecule has 0 bridgehead atoms. The lowest BCUT2D eigenvalue weighted by Gasteiger charge is -2.16. The van der Waals surface area contributed by atoms with Gasteiger partial charge in [0.05, 0.1) is 0 Å². The number of amides is 1. The van der Waals surface area contributed by atoms with E-state index in [0.717, 1.165) is 35.4 Å². The summed E-state index contributed by atoms with van der Waals surface area (Å²) in [6, 6.07) is 26.5. The van der Waals surface area contributed by atoms with Gasteiger partial charge < -0.3 is 15.4 Å². The van der Waals surface area contributed by atoms with Crippen LogP contribution in [0, 0.1) is 6.92 Å². The van der Waals surface area contributed by atoms with Crippen molar-refractivity contribution >= 4 is 11.6 Å². The zero-order valence-electron chi connectivity index (χ0n) is 17.7. The maximum Gasteiger partial charge on any atom is 0.262 e. The van der Waals surface area contributed by atoms with Crippen molar-refractivity contribution in [3.05, 3.63) is 95.6 Å². The highest BCUT2D eigenvalue weighted by molar-refractivity contribution is 5.91. The van der Waals surface area contributed by atoms with Crippen LogP contribution in [0.25, 0.3) is 0 Å². The standard InChI is InChI=1S/C26H30N2O2/c1-20-12-16-24(17-13-20)28-26(29)19-30-25-11-7-6-10-23(25)18-27-21(2)14-15-22-8-4-3-5-9-22/h3-13,16-17,21,27H,14-15,18-19H2,1-2H3,(H,28,29)/t21-/m0/s1. The number of hydrogen-bond donors (Lipinski definition) is 2. The van der Waals surface area contributed by atoms with Crippen LogP contribution >= 0.6 is 0 Å². The van der Waals surface area contributed by atoms with Crippen molar-refractivity contribution in [2.75, 3.05) is 11.9 Å². The minimum Gasteiger partial charge on any atom is -0.483 e. The number of benzene rings is 3. The van der Waals surface area contributed by atoms with Gasteiger partial charge in [-0.05, 0) is 50.5 Å². The van der Waals surface area contributed by atoms with Crippen LogP contribution < -0.4 is 15.4 Å². The monoisotopic (exact) mass is 402 g/mol. The number of ether oxygens (including phenoxy) is 1. The number of aryl methyl sites for hydroxylation is 2. The Bertz CT molecular complexity index is 923. The lowest BCUT2D eigenvalue weighted by molar-refractivity contribution is -0.118. The van der Waals surface area contributed by atoms with Crippen LogP contribution in [-0.2, 0) is 17.8 Å². The molecule has 4 heteroatoms. The normalized spacial score (nSPS) is 11.7. The Morgan fingerprint density at radius 3 is 2.40 bits per heavy atom. The van der Waals surface area contributed by atoms with Crippen molar-refractivity contribution in [1.82, 2.24) is 5.32 Å². The number of rotatable bonds is 10. The van der Waals surface area contributed by atoms with E-state index in [1.807, 2.05) is 61.5 Å². The third-order valence-corrected chi connectivity index (χ3v) is 5.02. The van der Waals surface area contributed by atoms with Gasteiger partial charge >= 0.3 is 0 Å². The summed E-state index contributed by atoms with van der Waals surface area (Å²) in [7, 11) is 0. The second kappa shape index (κ2) is 11.2. The molecule has 0 unspecified atom stereocenters. The Morgan fingerprint density at radius 1 is 0.933 bits per heavy atom. The molecule has 2 N–H and O–H groups in total. The molecule has 0 spiro atoms. The summed E-state index contributed by atoms with van der Waals surface area (Å²) in [4.78, 5) is 12.2. The van der Waals surface area contributed by atoms with Crippen LogP contribution in [-0.4, -0.2) is 18.6 Å². The molecule has 3 aromatic rings. The molecule has 0 aliphatic rings. The van der Waals surface area contributed by atoms with E-state index in [4.69, 9.17) is 4.74 Å². The van der Waals surface area contributed by atoms with Crippen molar-refractivity contribution in [1.29, 1.82) is 0 Å². The van der Waals surface area contributed by atoms with Crippen molar-refractivity contribution < 1.29 is 9.53 Å². The van der Waals surface area contributed by atoms with Gasteiger partial charge in [-0.2, -0.15) is 0 Å². The molecule has 1 amide bonds. The van der Waals surface area contributed by atoms with Crippen molar-refractivity contribution in [2.45, 2.75) is 39.3 Å². The fourth-order valence-electron chi connectivity index (χ4n) is 3.18. The first-order valence-corrected chi connectivity index (χ1v) is 10.4. The van der Waals surface area contributed by atoms with E-state index in [2.05, 4.69) is 41.8 Å². The van der Waals surface area contributed by atoms with Crippen LogP contribution in [0.2, 0.25) is 0 Å². The fourth-order valence-corrected chi connectivity index (χ4v) is 3.18. The van der Waals surface area contributed by atoms with E-state index < -0.39 is 0 Å². The molecule has 0 saturated heterocycles. The smallest absolute Gasteiger partial charge is 0.262 e. The molecule has 0 aliphatic carbocycles. The highest BCUT2D eigenvalue weighted by atomic mass is 16.5. The number of hydrogen-bond acceptors (Lipinski definition) is 3. The molecule has 3 aromatic carbocycles. The number of anilines is 1. The predicted octanol–water partition coefficient (Wildman–Crippen LogP) is 5.12. The zero-order chi connectivity index (χ0) is 21.2. The van der Waals surface area contributed by atoms with Gasteiger partial charge in [-0.3, -0.25) is 4.79 Å². The summed E-state index contributed by atoms with van der Waals surface area (Å²) < 4.78 is 5.80. The van der Waals surface area contributed by atoms with Gasteiger partial charge in [-0.25, -0.2) is 0 Å². The Balaban J connectivity index is 1.46. The average molecular weight is 403 g/mol. The largest absolute Gasteiger partial charge is 0.483 e. The summed E-state index contributed by atoms with van der Waals surface area (Å²) >= 11 is 0. The molecule has 0 heterocycles. The summed E-state index contributed by atoms with van der Waals surface area (Å²) in [5.41, 5.74) is 4.33.